The van der Waals surface area contributed by atoms with E-state index in [1.54, 1.807) is 0 Å². The molecule has 2 heteroatoms. The first-order valence-corrected chi connectivity index (χ1v) is 6.80. The van der Waals surface area contributed by atoms with Gasteiger partial charge in [-0.15, -0.1) is 0 Å². The maximum Gasteiger partial charge on any atom is 0.0712 e. The predicted molar refractivity (Wildman–Crippen MR) is 74.3 cm³/mol. The van der Waals surface area contributed by atoms with Gasteiger partial charge in [-0.25, -0.2) is 0 Å². The number of hydrogen-bond acceptors (Lipinski definition) is 2. The lowest BCUT2D eigenvalue weighted by atomic mass is 10.1. The molecule has 0 saturated carbocycles. The number of aliphatic hydroxyl groups excluding tert-OH is 1. The average molecular weight is 235 g/mol. The number of anilines is 1. The average Bonchev–Trinajstić information content (AvgIpc) is 2.37. The highest BCUT2D eigenvalue weighted by molar-refractivity contribution is 5.42. The number of benzene rings is 1. The molecule has 96 valence electrons. The van der Waals surface area contributed by atoms with Gasteiger partial charge in [0.25, 0.3) is 0 Å². The Hall–Kier alpha value is -1.02. The van der Waals surface area contributed by atoms with Crippen molar-refractivity contribution in [3.8, 4) is 0 Å². The molecule has 0 aliphatic carbocycles. The molecular formula is C15H25NO. The van der Waals surface area contributed by atoms with Gasteiger partial charge in [-0.05, 0) is 18.6 Å². The first kappa shape index (κ1) is 14.0. The molecule has 17 heavy (non-hydrogen) atoms. The molecule has 0 aliphatic rings. The van der Waals surface area contributed by atoms with Gasteiger partial charge in [0, 0.05) is 12.2 Å². The smallest absolute Gasteiger partial charge is 0.0712 e. The van der Waals surface area contributed by atoms with Crippen LogP contribution in [-0.2, 0) is 0 Å². The summed E-state index contributed by atoms with van der Waals surface area (Å²) in [5, 5.41) is 13.1. The number of nitrogens with one attached hydrogen (secondary N) is 1. The van der Waals surface area contributed by atoms with Gasteiger partial charge >= 0.3 is 0 Å². The maximum absolute atomic E-state index is 9.80. The third-order valence-electron chi connectivity index (χ3n) is 2.96. The van der Waals surface area contributed by atoms with Crippen molar-refractivity contribution in [2.75, 3.05) is 11.9 Å². The molecule has 0 spiro atoms. The highest BCUT2D eigenvalue weighted by Gasteiger charge is 2.03. The molecule has 0 amide bonds. The van der Waals surface area contributed by atoms with Crippen LogP contribution < -0.4 is 5.32 Å². The summed E-state index contributed by atoms with van der Waals surface area (Å²) >= 11 is 0. The standard InChI is InChI=1S/C15H25NO/c1-2-3-4-5-9-12-15(17)13-16-14-10-7-6-8-11-14/h6-8,10-11,15-17H,2-5,9,12-13H2,1H3. The third-order valence-corrected chi connectivity index (χ3v) is 2.96. The summed E-state index contributed by atoms with van der Waals surface area (Å²) in [6, 6.07) is 10.0. The highest BCUT2D eigenvalue weighted by Crippen LogP contribution is 2.09. The minimum Gasteiger partial charge on any atom is -0.391 e. The first-order valence-electron chi connectivity index (χ1n) is 6.80. The number of unbranched alkanes of at least 4 members (excludes halogenated alkanes) is 4. The second kappa shape index (κ2) is 9.06. The van der Waals surface area contributed by atoms with Crippen molar-refractivity contribution in [3.05, 3.63) is 30.3 Å². The third kappa shape index (κ3) is 7.01. The van der Waals surface area contributed by atoms with E-state index in [0.29, 0.717) is 6.54 Å². The summed E-state index contributed by atoms with van der Waals surface area (Å²) in [6.45, 7) is 2.87. The zero-order valence-corrected chi connectivity index (χ0v) is 10.9. The van der Waals surface area contributed by atoms with Crippen molar-refractivity contribution in [2.24, 2.45) is 0 Å². The van der Waals surface area contributed by atoms with Crippen molar-refractivity contribution < 1.29 is 5.11 Å². The molecule has 0 heterocycles. The highest BCUT2D eigenvalue weighted by atomic mass is 16.3. The lowest BCUT2D eigenvalue weighted by Gasteiger charge is -2.12. The molecule has 2 N–H and O–H groups in total. The zero-order chi connectivity index (χ0) is 12.3. The van der Waals surface area contributed by atoms with E-state index >= 15 is 0 Å². The van der Waals surface area contributed by atoms with Crippen molar-refractivity contribution in [2.45, 2.75) is 51.6 Å². The minimum absolute atomic E-state index is 0.225. The summed E-state index contributed by atoms with van der Waals surface area (Å²) in [5.41, 5.74) is 1.08. The number of hydrogen-bond donors (Lipinski definition) is 2. The van der Waals surface area contributed by atoms with Crippen LogP contribution in [0.15, 0.2) is 30.3 Å². The molecule has 2 nitrogen and oxygen atoms in total. The Balaban J connectivity index is 2.03. The van der Waals surface area contributed by atoms with Gasteiger partial charge in [-0.2, -0.15) is 0 Å². The number of aliphatic hydroxyl groups is 1. The SMILES string of the molecule is CCCCCCCC(O)CNc1ccccc1. The van der Waals surface area contributed by atoms with Gasteiger partial charge in [0.15, 0.2) is 0 Å². The predicted octanol–water partition coefficient (Wildman–Crippen LogP) is 3.82. The van der Waals surface area contributed by atoms with E-state index < -0.39 is 0 Å². The lowest BCUT2D eigenvalue weighted by Crippen LogP contribution is -2.19. The molecule has 0 aliphatic heterocycles. The molecule has 0 fully saturated rings. The summed E-state index contributed by atoms with van der Waals surface area (Å²) < 4.78 is 0. The zero-order valence-electron chi connectivity index (χ0n) is 10.9. The van der Waals surface area contributed by atoms with Gasteiger partial charge in [0.2, 0.25) is 0 Å². The van der Waals surface area contributed by atoms with Gasteiger partial charge in [0.1, 0.15) is 0 Å². The Morgan fingerprint density at radius 2 is 1.76 bits per heavy atom. The van der Waals surface area contributed by atoms with E-state index in [-0.39, 0.29) is 6.10 Å². The van der Waals surface area contributed by atoms with Crippen molar-refractivity contribution in [1.82, 2.24) is 0 Å². The van der Waals surface area contributed by atoms with Crippen LogP contribution in [0.3, 0.4) is 0 Å². The lowest BCUT2D eigenvalue weighted by molar-refractivity contribution is 0.173. The topological polar surface area (TPSA) is 32.3 Å². The molecule has 1 atom stereocenters. The Bertz CT molecular complexity index is 274. The molecule has 1 unspecified atom stereocenters. The van der Waals surface area contributed by atoms with Crippen molar-refractivity contribution >= 4 is 5.69 Å². The van der Waals surface area contributed by atoms with E-state index in [1.165, 1.54) is 25.7 Å². The second-order valence-electron chi connectivity index (χ2n) is 4.60. The first-order chi connectivity index (χ1) is 8.33. The largest absolute Gasteiger partial charge is 0.391 e. The van der Waals surface area contributed by atoms with Crippen LogP contribution in [0.25, 0.3) is 0 Å². The van der Waals surface area contributed by atoms with Crippen LogP contribution in [0, 0.1) is 0 Å². The van der Waals surface area contributed by atoms with Crippen LogP contribution in [-0.4, -0.2) is 17.8 Å². The van der Waals surface area contributed by atoms with Crippen molar-refractivity contribution in [3.63, 3.8) is 0 Å². The van der Waals surface area contributed by atoms with Gasteiger partial charge in [-0.3, -0.25) is 0 Å². The van der Waals surface area contributed by atoms with E-state index in [2.05, 4.69) is 12.2 Å². The van der Waals surface area contributed by atoms with Crippen LogP contribution >= 0.6 is 0 Å². The van der Waals surface area contributed by atoms with Crippen LogP contribution in [0.1, 0.15) is 45.4 Å². The quantitative estimate of drug-likeness (QED) is 0.638. The molecule has 1 rings (SSSR count). The fourth-order valence-corrected chi connectivity index (χ4v) is 1.88. The van der Waals surface area contributed by atoms with Crippen molar-refractivity contribution in [1.29, 1.82) is 0 Å². The summed E-state index contributed by atoms with van der Waals surface area (Å²) in [7, 11) is 0. The normalized spacial score (nSPS) is 12.4. The number of para-hydroxylation sites is 1. The van der Waals surface area contributed by atoms with Crippen LogP contribution in [0.4, 0.5) is 5.69 Å². The second-order valence-corrected chi connectivity index (χ2v) is 4.60. The summed E-state index contributed by atoms with van der Waals surface area (Å²) in [5.74, 6) is 0. The minimum atomic E-state index is -0.225. The van der Waals surface area contributed by atoms with E-state index in [9.17, 15) is 5.11 Å². The molecule has 0 aromatic heterocycles. The van der Waals surface area contributed by atoms with Crippen LogP contribution in [0.2, 0.25) is 0 Å². The maximum atomic E-state index is 9.80. The van der Waals surface area contributed by atoms with E-state index in [1.807, 2.05) is 30.3 Å². The Morgan fingerprint density at radius 1 is 1.06 bits per heavy atom. The van der Waals surface area contributed by atoms with E-state index in [4.69, 9.17) is 0 Å². The van der Waals surface area contributed by atoms with E-state index in [0.717, 1.165) is 18.5 Å². The fourth-order valence-electron chi connectivity index (χ4n) is 1.88. The Morgan fingerprint density at radius 3 is 2.47 bits per heavy atom. The Kier molecular flexibility index (Phi) is 7.48. The monoisotopic (exact) mass is 235 g/mol. The fraction of sp³-hybridized carbons (Fsp3) is 0.600. The molecular weight excluding hydrogens is 210 g/mol. The summed E-state index contributed by atoms with van der Waals surface area (Å²) in [6.07, 6.45) is 6.96. The van der Waals surface area contributed by atoms with Gasteiger partial charge in [-0.1, -0.05) is 57.2 Å². The molecule has 0 saturated heterocycles. The molecule has 0 radical (unpaired) electrons. The molecule has 1 aromatic carbocycles. The van der Waals surface area contributed by atoms with Gasteiger partial charge in [0.05, 0.1) is 6.10 Å². The number of rotatable bonds is 9. The Labute approximate surface area is 105 Å². The van der Waals surface area contributed by atoms with Gasteiger partial charge < -0.3 is 10.4 Å². The van der Waals surface area contributed by atoms with Crippen LogP contribution in [0.5, 0.6) is 0 Å². The molecule has 1 aromatic rings. The summed E-state index contributed by atoms with van der Waals surface area (Å²) in [4.78, 5) is 0. The molecule has 0 bridgehead atoms.